The molecule has 6 heteroatoms. The molecule has 0 spiro atoms. The van der Waals surface area contributed by atoms with E-state index < -0.39 is 0 Å². The smallest absolute Gasteiger partial charge is 0.156 e. The summed E-state index contributed by atoms with van der Waals surface area (Å²) < 4.78 is 2.48. The Labute approximate surface area is 126 Å². The summed E-state index contributed by atoms with van der Waals surface area (Å²) in [6.45, 7) is 4.96. The summed E-state index contributed by atoms with van der Waals surface area (Å²) in [5.41, 5.74) is 3.06. The number of aryl methyl sites for hydroxylation is 1. The first kappa shape index (κ1) is 14.5. The van der Waals surface area contributed by atoms with Gasteiger partial charge in [-0.2, -0.15) is 0 Å². The molecule has 0 aliphatic rings. The number of hydrogen-bond donors (Lipinski definition) is 1. The second-order valence-corrected chi connectivity index (χ2v) is 5.85. The van der Waals surface area contributed by atoms with E-state index in [1.165, 1.54) is 0 Å². The summed E-state index contributed by atoms with van der Waals surface area (Å²) in [4.78, 5) is 0. The molecule has 0 saturated heterocycles. The molecular formula is C13H16BrClN4. The molecule has 4 nitrogen and oxygen atoms in total. The summed E-state index contributed by atoms with van der Waals surface area (Å²) >= 11 is 9.65. The van der Waals surface area contributed by atoms with Gasteiger partial charge >= 0.3 is 0 Å². The first-order valence-electron chi connectivity index (χ1n) is 6.06. The van der Waals surface area contributed by atoms with Crippen LogP contribution >= 0.6 is 27.5 Å². The summed E-state index contributed by atoms with van der Waals surface area (Å²) in [7, 11) is 1.87. The lowest BCUT2D eigenvalue weighted by atomic mass is 10.1. The Morgan fingerprint density at radius 2 is 2.16 bits per heavy atom. The van der Waals surface area contributed by atoms with Crippen LogP contribution in [0.25, 0.3) is 11.3 Å². The van der Waals surface area contributed by atoms with Crippen LogP contribution in [-0.2, 0) is 13.6 Å². The average molecular weight is 344 g/mol. The van der Waals surface area contributed by atoms with Gasteiger partial charge in [0.05, 0.1) is 0 Å². The topological polar surface area (TPSA) is 42.7 Å². The molecule has 0 aliphatic heterocycles. The first-order valence-corrected chi connectivity index (χ1v) is 7.23. The molecular weight excluding hydrogens is 328 g/mol. The van der Waals surface area contributed by atoms with Crippen LogP contribution in [0.3, 0.4) is 0 Å². The van der Waals surface area contributed by atoms with E-state index in [-0.39, 0.29) is 0 Å². The molecule has 19 heavy (non-hydrogen) atoms. The quantitative estimate of drug-likeness (QED) is 0.925. The van der Waals surface area contributed by atoms with Crippen molar-refractivity contribution in [2.75, 3.05) is 0 Å². The van der Waals surface area contributed by atoms with Gasteiger partial charge < -0.3 is 5.32 Å². The standard InChI is InChI=1S/C13H16BrClN4/c1-8(2)16-7-10-6-9(4-5-11(10)15)12-13(14)17-18-19(12)3/h4-6,8,16H,7H2,1-3H3. The number of rotatable bonds is 4. The number of aromatic nitrogens is 3. The zero-order valence-corrected chi connectivity index (χ0v) is 13.5. The number of halogens is 2. The molecule has 0 aliphatic carbocycles. The van der Waals surface area contributed by atoms with Gasteiger partial charge in [-0.25, -0.2) is 4.68 Å². The summed E-state index contributed by atoms with van der Waals surface area (Å²) in [5, 5.41) is 12.1. The van der Waals surface area contributed by atoms with Gasteiger partial charge in [0.2, 0.25) is 0 Å². The van der Waals surface area contributed by atoms with Gasteiger partial charge in [-0.05, 0) is 33.6 Å². The largest absolute Gasteiger partial charge is 0.310 e. The Bertz CT molecular complexity index is 561. The molecule has 0 amide bonds. The minimum atomic E-state index is 0.421. The van der Waals surface area contributed by atoms with Crippen molar-refractivity contribution >= 4 is 27.5 Å². The Balaban J connectivity index is 2.36. The van der Waals surface area contributed by atoms with E-state index in [0.717, 1.165) is 33.0 Å². The van der Waals surface area contributed by atoms with Crippen molar-refractivity contribution < 1.29 is 0 Å². The molecule has 2 aromatic rings. The van der Waals surface area contributed by atoms with Gasteiger partial charge in [-0.15, -0.1) is 5.10 Å². The Kier molecular flexibility index (Phi) is 4.60. The second kappa shape index (κ2) is 6.03. The third kappa shape index (κ3) is 3.35. The first-order chi connectivity index (χ1) is 8.99. The monoisotopic (exact) mass is 342 g/mol. The van der Waals surface area contributed by atoms with Crippen molar-refractivity contribution in [1.82, 2.24) is 20.3 Å². The van der Waals surface area contributed by atoms with E-state index >= 15 is 0 Å². The molecule has 0 saturated carbocycles. The lowest BCUT2D eigenvalue weighted by molar-refractivity contribution is 0.589. The summed E-state index contributed by atoms with van der Waals surface area (Å²) in [5.74, 6) is 0. The van der Waals surface area contributed by atoms with Crippen molar-refractivity contribution in [3.05, 3.63) is 33.4 Å². The van der Waals surface area contributed by atoms with Crippen LogP contribution in [0.15, 0.2) is 22.8 Å². The second-order valence-electron chi connectivity index (χ2n) is 4.69. The highest BCUT2D eigenvalue weighted by Crippen LogP contribution is 2.29. The maximum atomic E-state index is 6.23. The van der Waals surface area contributed by atoms with Crippen molar-refractivity contribution in [2.24, 2.45) is 7.05 Å². The van der Waals surface area contributed by atoms with Crippen LogP contribution in [0.5, 0.6) is 0 Å². The Morgan fingerprint density at radius 3 is 2.74 bits per heavy atom. The van der Waals surface area contributed by atoms with E-state index in [1.807, 2.05) is 19.2 Å². The van der Waals surface area contributed by atoms with Crippen molar-refractivity contribution in [2.45, 2.75) is 26.4 Å². The van der Waals surface area contributed by atoms with E-state index in [1.54, 1.807) is 4.68 Å². The molecule has 2 rings (SSSR count). The minimum Gasteiger partial charge on any atom is -0.310 e. The van der Waals surface area contributed by atoms with Crippen LogP contribution in [0.2, 0.25) is 5.02 Å². The molecule has 0 fully saturated rings. The number of nitrogens with one attached hydrogen (secondary N) is 1. The molecule has 0 unspecified atom stereocenters. The molecule has 0 radical (unpaired) electrons. The maximum absolute atomic E-state index is 6.23. The van der Waals surface area contributed by atoms with Crippen molar-refractivity contribution in [1.29, 1.82) is 0 Å². The van der Waals surface area contributed by atoms with E-state index in [0.29, 0.717) is 6.04 Å². The SMILES string of the molecule is CC(C)NCc1cc(-c2c(Br)nnn2C)ccc1Cl. The van der Waals surface area contributed by atoms with Gasteiger partial charge in [0.1, 0.15) is 5.69 Å². The highest BCUT2D eigenvalue weighted by molar-refractivity contribution is 9.10. The molecule has 1 N–H and O–H groups in total. The number of benzene rings is 1. The van der Waals surface area contributed by atoms with E-state index in [4.69, 9.17) is 11.6 Å². The zero-order valence-electron chi connectivity index (χ0n) is 11.1. The van der Waals surface area contributed by atoms with Gasteiger partial charge in [-0.3, -0.25) is 0 Å². The van der Waals surface area contributed by atoms with E-state index in [2.05, 4.69) is 51.5 Å². The van der Waals surface area contributed by atoms with Gasteiger partial charge in [0.25, 0.3) is 0 Å². The third-order valence-corrected chi connectivity index (χ3v) is 3.71. The van der Waals surface area contributed by atoms with Crippen LogP contribution in [-0.4, -0.2) is 21.0 Å². The highest BCUT2D eigenvalue weighted by atomic mass is 79.9. The van der Waals surface area contributed by atoms with Crippen molar-refractivity contribution in [3.63, 3.8) is 0 Å². The molecule has 1 aromatic carbocycles. The predicted molar refractivity (Wildman–Crippen MR) is 81.1 cm³/mol. The number of hydrogen-bond acceptors (Lipinski definition) is 3. The minimum absolute atomic E-state index is 0.421. The third-order valence-electron chi connectivity index (χ3n) is 2.81. The normalized spacial score (nSPS) is 11.3. The molecule has 102 valence electrons. The van der Waals surface area contributed by atoms with Crippen LogP contribution < -0.4 is 5.32 Å². The zero-order chi connectivity index (χ0) is 14.0. The average Bonchev–Trinajstić information content (AvgIpc) is 2.68. The highest BCUT2D eigenvalue weighted by Gasteiger charge is 2.12. The molecule has 1 aromatic heterocycles. The lowest BCUT2D eigenvalue weighted by Gasteiger charge is -2.11. The lowest BCUT2D eigenvalue weighted by Crippen LogP contribution is -2.22. The Morgan fingerprint density at radius 1 is 1.42 bits per heavy atom. The Hall–Kier alpha value is -0.910. The predicted octanol–water partition coefficient (Wildman–Crippen LogP) is 3.40. The van der Waals surface area contributed by atoms with Gasteiger partial charge in [0, 0.05) is 30.2 Å². The van der Waals surface area contributed by atoms with Crippen molar-refractivity contribution in [3.8, 4) is 11.3 Å². The fraction of sp³-hybridized carbons (Fsp3) is 0.385. The molecule has 0 atom stereocenters. The van der Waals surface area contributed by atoms with Crippen LogP contribution in [0, 0.1) is 0 Å². The number of nitrogens with zero attached hydrogens (tertiary/aromatic N) is 3. The van der Waals surface area contributed by atoms with E-state index in [9.17, 15) is 0 Å². The summed E-state index contributed by atoms with van der Waals surface area (Å²) in [6.07, 6.45) is 0. The molecule has 1 heterocycles. The van der Waals surface area contributed by atoms with Gasteiger partial charge in [0.15, 0.2) is 4.60 Å². The molecule has 0 bridgehead atoms. The summed E-state index contributed by atoms with van der Waals surface area (Å²) in [6, 6.07) is 6.38. The fourth-order valence-electron chi connectivity index (χ4n) is 1.81. The fourth-order valence-corrected chi connectivity index (χ4v) is 2.55. The maximum Gasteiger partial charge on any atom is 0.156 e. The van der Waals surface area contributed by atoms with Gasteiger partial charge in [-0.1, -0.05) is 36.7 Å². The van der Waals surface area contributed by atoms with Crippen LogP contribution in [0.1, 0.15) is 19.4 Å². The van der Waals surface area contributed by atoms with Crippen LogP contribution in [0.4, 0.5) is 0 Å².